The van der Waals surface area contributed by atoms with Gasteiger partial charge in [-0.2, -0.15) is 0 Å². The summed E-state index contributed by atoms with van der Waals surface area (Å²) in [6, 6.07) is -0.931. The van der Waals surface area contributed by atoms with Crippen molar-refractivity contribution in [3.63, 3.8) is 0 Å². The molecule has 710 valence electrons. The van der Waals surface area contributed by atoms with Crippen molar-refractivity contribution in [1.29, 1.82) is 0 Å². The number of primary amides is 1. The molecular weight excluding hydrogens is 1720 g/mol. The van der Waals surface area contributed by atoms with Gasteiger partial charge in [0.15, 0.2) is 5.78 Å². The highest BCUT2D eigenvalue weighted by atomic mass is 32.2. The number of Topliss-reactive ketones (excluding diaryl/α,β-unsaturated/α-hetero) is 1. The Morgan fingerprint density at radius 2 is 1.11 bits per heavy atom. The number of aliphatic hydroxyl groups is 3. The molecule has 42 nitrogen and oxygen atoms in total. The van der Waals surface area contributed by atoms with Gasteiger partial charge in [0.25, 0.3) is 0 Å². The van der Waals surface area contributed by atoms with Gasteiger partial charge < -0.3 is 124 Å². The number of phenols is 1. The minimum Gasteiger partial charge on any atom is -0.508 e. The number of aromatic hydroxyl groups is 1. The maximum Gasteiger partial charge on any atom is 0.303 e. The van der Waals surface area contributed by atoms with Crippen molar-refractivity contribution < 1.29 is 107 Å². The number of nitrogens with two attached hydrogens (primary N) is 2. The molecule has 131 heavy (non-hydrogen) atoms. The molecule has 9 rings (SSSR count). The Morgan fingerprint density at radius 1 is 0.565 bits per heavy atom. The summed E-state index contributed by atoms with van der Waals surface area (Å²) in [5, 5.41) is 78.1. The number of aromatic amines is 3. The van der Waals surface area contributed by atoms with Crippen molar-refractivity contribution in [3.05, 3.63) is 120 Å². The number of thioether (sulfide) groups is 1. The number of carbonyl (C=O) groups is 17. The molecule has 0 radical (unpaired) electrons. The third-order valence-corrected chi connectivity index (χ3v) is 24.8. The van der Waals surface area contributed by atoms with E-state index in [0.29, 0.717) is 64.2 Å². The second-order valence-electron chi connectivity index (χ2n) is 33.2. The van der Waals surface area contributed by atoms with E-state index in [1.165, 1.54) is 69.8 Å². The van der Waals surface area contributed by atoms with Gasteiger partial charge in [-0.25, -0.2) is 4.98 Å². The number of aliphatic hydroxyl groups excluding tert-OH is 3. The number of rotatable bonds is 24. The van der Waals surface area contributed by atoms with Gasteiger partial charge in [0, 0.05) is 125 Å². The number of phenolic OH excluding ortho intramolecular Hbond substituents is 1. The molecule has 21 N–H and O–H groups in total. The molecule has 6 heterocycles. The van der Waals surface area contributed by atoms with Crippen molar-refractivity contribution in [2.75, 3.05) is 72.0 Å². The van der Waals surface area contributed by atoms with E-state index in [0.717, 1.165) is 31.4 Å². The Hall–Kier alpha value is -12.9. The van der Waals surface area contributed by atoms with E-state index in [-0.39, 0.29) is 82.3 Å². The first kappa shape index (κ1) is 102. The lowest BCUT2D eigenvalue weighted by atomic mass is 9.90. The van der Waals surface area contributed by atoms with Crippen molar-refractivity contribution in [2.24, 2.45) is 17.4 Å². The zero-order valence-electron chi connectivity index (χ0n) is 74.0. The van der Waals surface area contributed by atoms with Gasteiger partial charge in [-0.1, -0.05) is 88.1 Å². The molecule has 0 spiro atoms. The van der Waals surface area contributed by atoms with Crippen LogP contribution < -0.4 is 59.3 Å². The third kappa shape index (κ3) is 27.6. The van der Waals surface area contributed by atoms with Crippen LogP contribution in [0.15, 0.2) is 97.7 Å². The molecule has 3 saturated heterocycles. The number of carboxylic acids is 1. The van der Waals surface area contributed by atoms with Crippen LogP contribution in [0.3, 0.4) is 0 Å². The largest absolute Gasteiger partial charge is 0.508 e. The molecule has 0 saturated carbocycles. The summed E-state index contributed by atoms with van der Waals surface area (Å²) in [4.78, 5) is 266. The summed E-state index contributed by atoms with van der Waals surface area (Å²) in [6.07, 6.45) is 2.32. The smallest absolute Gasteiger partial charge is 0.303 e. The van der Waals surface area contributed by atoms with Gasteiger partial charge in [-0.05, 0) is 99.4 Å². The summed E-state index contributed by atoms with van der Waals surface area (Å²) in [5.74, 6) is -19.2. The Labute approximate surface area is 759 Å². The number of imidazole rings is 1. The van der Waals surface area contributed by atoms with Crippen molar-refractivity contribution in [2.45, 2.75) is 215 Å². The lowest BCUT2D eigenvalue weighted by Gasteiger charge is -2.36. The summed E-state index contributed by atoms with van der Waals surface area (Å²) >= 11 is 0.742. The summed E-state index contributed by atoms with van der Waals surface area (Å²) in [5.41, 5.74) is 14.3. The molecule has 3 aromatic heterocycles. The lowest BCUT2D eigenvalue weighted by Crippen LogP contribution is -2.61. The molecule has 3 aliphatic rings. The number of para-hydroxylation sites is 2. The molecule has 15 atom stereocenters. The minimum absolute atomic E-state index is 0.0114. The number of hydrogen-bond acceptors (Lipinski definition) is 24. The summed E-state index contributed by atoms with van der Waals surface area (Å²) in [6.45, 7) is 1.21. The number of aromatic nitrogens is 4. The number of carbonyl (C=O) groups excluding carboxylic acids is 16. The fourth-order valence-electron chi connectivity index (χ4n) is 16.3. The van der Waals surface area contributed by atoms with Gasteiger partial charge in [0.1, 0.15) is 78.3 Å². The monoisotopic (exact) mass is 1840 g/mol. The number of hydrogen-bond donors (Lipinski definition) is 19. The van der Waals surface area contributed by atoms with Crippen LogP contribution >= 0.6 is 11.8 Å². The van der Waals surface area contributed by atoms with E-state index in [1.54, 1.807) is 67.8 Å². The Balaban J connectivity index is 1.08. The van der Waals surface area contributed by atoms with Crippen LogP contribution in [-0.2, 0) is 107 Å². The zero-order chi connectivity index (χ0) is 95.4. The molecule has 6 aromatic rings. The van der Waals surface area contributed by atoms with Crippen molar-refractivity contribution in [3.8, 4) is 5.75 Å². The zero-order valence-corrected chi connectivity index (χ0v) is 74.8. The maximum absolute atomic E-state index is 15.6. The van der Waals surface area contributed by atoms with Crippen LogP contribution in [0.4, 0.5) is 0 Å². The Kier molecular flexibility index (Phi) is 37.9. The summed E-state index contributed by atoms with van der Waals surface area (Å²) < 4.78 is 0. The van der Waals surface area contributed by atoms with Crippen molar-refractivity contribution in [1.82, 2.24) is 92.3 Å². The Bertz CT molecular complexity index is 5050. The number of nitrogens with one attached hydrogen (secondary N) is 12. The molecule has 0 aliphatic carbocycles. The number of ketones is 1. The average molecular weight is 1840 g/mol. The van der Waals surface area contributed by atoms with Gasteiger partial charge in [0.05, 0.1) is 49.7 Å². The highest BCUT2D eigenvalue weighted by molar-refractivity contribution is 8.00. The highest BCUT2D eigenvalue weighted by Gasteiger charge is 2.47. The van der Waals surface area contributed by atoms with Gasteiger partial charge >= 0.3 is 5.97 Å². The van der Waals surface area contributed by atoms with E-state index in [1.807, 2.05) is 6.92 Å². The highest BCUT2D eigenvalue weighted by Crippen LogP contribution is 2.30. The van der Waals surface area contributed by atoms with Crippen molar-refractivity contribution >= 4 is 134 Å². The minimum atomic E-state index is -1.89. The number of carboxylic acid groups (broad SMARTS) is 1. The SMILES string of the molecule is CCCC[C@H]1C(=O)N(C)[C@@H](CCCC)C(=O)N[C@@H](CO)C(=O)N[C@H](C(=O)NCC(N)=O)CSCC(=O)N[C@@H](Cc2ccc(O)cc2)C(=O)N(C)[C@@H](C)C(=O)N[C@@H](CCN)C(=O)N2CCC[C@H]2C(=O)N[C@@H](Cc2c[nH]cn2)C(=O)N[C@@H](CCC(=O)O)C(=O)N2C[C@H](O)C[C@H]2C(=O)C[C@@H](Cc2c[nH]c3ccccc23)C(=O)N[C@@H](CO)C(=O)N[C@@H](Cc2c[nH]c3ccccc23)C(=O)N1C. The fraction of sp³-hybridized carbons (Fsp3) is 0.523. The Morgan fingerprint density at radius 3 is 1.73 bits per heavy atom. The maximum atomic E-state index is 15.6. The summed E-state index contributed by atoms with van der Waals surface area (Å²) in [7, 11) is 3.87. The van der Waals surface area contributed by atoms with Crippen LogP contribution in [0.25, 0.3) is 21.8 Å². The number of fused-ring (bicyclic) bond motifs is 4. The van der Waals surface area contributed by atoms with E-state index < -0.39 is 254 Å². The van der Waals surface area contributed by atoms with Crippen LogP contribution in [0, 0.1) is 5.92 Å². The van der Waals surface area contributed by atoms with E-state index in [2.05, 4.69) is 67.8 Å². The fourth-order valence-corrected chi connectivity index (χ4v) is 17.2. The number of nitrogens with zero attached hydrogens (tertiary/aromatic N) is 6. The molecule has 15 amide bonds. The van der Waals surface area contributed by atoms with E-state index in [9.17, 15) is 78.3 Å². The van der Waals surface area contributed by atoms with Crippen LogP contribution in [-0.4, -0.2) is 327 Å². The molecular formula is C88H120N20O22S. The number of H-pyrrole nitrogens is 3. The standard InChI is InChI=1S/C88H120N20O22S/c1-7-9-20-68-82(124)102-66(44-110)81(123)103-67(78(120)94-41-73(90)114)45-131-46-74(115)96-63(32-49-23-25-54(111)26-24-49)84(126)104(4)48(3)76(118)97-61(29-30-89)86(128)107-31-15-22-69(107)83(125)99-62(36-53-40-91-47-95-53)79(121)98-60(27-28-75(116)117)87(129)108-42-55(112)37-71(108)72(113)35-50(33-51-38-92-58-18-13-11-16-56(51)58)77(119)101-65(43-109)80(122)100-64(34-52-39-93-59-19-14-12-17-57(52)59)85(127)106(6)70(21-10-8-2)88(130)105(68)5/h11-14,16-19,23-26,38-40,47-48,50,55,60-71,92-93,109-112H,7-10,15,20-22,27-37,41-46,89H2,1-6H3,(H2,90,114)(H,91,95)(H,94,120)(H,96,115)(H,97,118)(H,98,121)(H,99,125)(H,100,122)(H,101,119)(H,102,124)(H,103,123)(H,116,117)/t48-,50+,55+,60-,61-,62-,63-,64-,65-,66-,67-,68-,69-,70-,71-/m0/s1. The number of amides is 15. The number of likely N-dealkylation sites (N-methyl/N-ethyl adjacent to an activating group) is 3. The lowest BCUT2D eigenvalue weighted by molar-refractivity contribution is -0.149. The molecule has 3 fully saturated rings. The average Bonchev–Trinajstić information content (AvgIpc) is 1.69. The quantitative estimate of drug-likeness (QED) is 0.0291. The van der Waals surface area contributed by atoms with Gasteiger partial charge in [-0.15, -0.1) is 11.8 Å². The van der Waals surface area contributed by atoms with E-state index >= 15 is 28.8 Å². The van der Waals surface area contributed by atoms with Crippen LogP contribution in [0.2, 0.25) is 0 Å². The van der Waals surface area contributed by atoms with Crippen LogP contribution in [0.5, 0.6) is 5.75 Å². The first-order valence-electron chi connectivity index (χ1n) is 43.8. The predicted octanol–water partition coefficient (Wildman–Crippen LogP) is -2.82. The predicted molar refractivity (Wildman–Crippen MR) is 476 cm³/mol. The number of benzene rings is 3. The topological polar surface area (TPSA) is 628 Å². The van der Waals surface area contributed by atoms with Gasteiger partial charge in [-0.3, -0.25) is 81.5 Å². The number of unbranched alkanes of at least 4 members (excludes halogenated alkanes) is 2. The van der Waals surface area contributed by atoms with E-state index in [4.69, 9.17) is 11.5 Å². The first-order chi connectivity index (χ1) is 62.6. The molecule has 43 heteroatoms. The molecule has 0 unspecified atom stereocenters. The third-order valence-electron chi connectivity index (χ3n) is 23.8. The molecule has 3 aliphatic heterocycles. The molecule has 3 aromatic carbocycles. The second kappa shape index (κ2) is 48.7. The van der Waals surface area contributed by atoms with Gasteiger partial charge in [0.2, 0.25) is 88.6 Å². The normalized spacial score (nSPS) is 25.2. The second-order valence-corrected chi connectivity index (χ2v) is 34.2. The molecule has 0 bridgehead atoms. The van der Waals surface area contributed by atoms with Crippen LogP contribution in [0.1, 0.15) is 127 Å². The first-order valence-corrected chi connectivity index (χ1v) is 44.9. The number of aliphatic carboxylic acids is 1.